The van der Waals surface area contributed by atoms with E-state index < -0.39 is 0 Å². The fourth-order valence-corrected chi connectivity index (χ4v) is 4.34. The van der Waals surface area contributed by atoms with E-state index in [0.29, 0.717) is 17.5 Å². The lowest BCUT2D eigenvalue weighted by molar-refractivity contribution is 0.404. The summed E-state index contributed by atoms with van der Waals surface area (Å²) >= 11 is 0. The Hall–Kier alpha value is -2.77. The molecule has 0 amide bonds. The van der Waals surface area contributed by atoms with Crippen LogP contribution >= 0.6 is 12.4 Å². The molecule has 5 heteroatoms. The van der Waals surface area contributed by atoms with Gasteiger partial charge in [0.2, 0.25) is 0 Å². The maximum absolute atomic E-state index is 9.00. The van der Waals surface area contributed by atoms with E-state index in [1.54, 1.807) is 0 Å². The Kier molecular flexibility index (Phi) is 6.95. The van der Waals surface area contributed by atoms with Crippen molar-refractivity contribution in [3.05, 3.63) is 83.9 Å². The number of piperidine rings is 1. The first-order valence-electron chi connectivity index (χ1n) is 10.1. The smallest absolute Gasteiger partial charge is 0.0991 e. The first-order valence-corrected chi connectivity index (χ1v) is 10.1. The van der Waals surface area contributed by atoms with Crippen molar-refractivity contribution in [1.82, 2.24) is 9.55 Å². The molecular formula is C24H27ClN4. The standard InChI is InChI=1S/C24H26N4.ClH/c1-19(23-9-5-6-14-28(23)22-7-3-2-4-8-22)24-16-26-18-27(24)17-21-12-10-20(15-25)11-13-21;/h2-4,7-8,10-13,16,18-19,23H,5-6,9,14,17H2,1H3;1H. The highest BCUT2D eigenvalue weighted by Gasteiger charge is 2.30. The zero-order chi connectivity index (χ0) is 19.3. The summed E-state index contributed by atoms with van der Waals surface area (Å²) in [5.41, 5.74) is 4.48. The highest BCUT2D eigenvalue weighted by Crippen LogP contribution is 2.33. The van der Waals surface area contributed by atoms with Crippen LogP contribution in [0.4, 0.5) is 5.69 Å². The van der Waals surface area contributed by atoms with E-state index in [2.05, 4.69) is 57.8 Å². The van der Waals surface area contributed by atoms with Gasteiger partial charge in [-0.15, -0.1) is 12.4 Å². The van der Waals surface area contributed by atoms with Gasteiger partial charge in [0.05, 0.1) is 18.0 Å². The number of rotatable bonds is 5. The number of hydrogen-bond donors (Lipinski definition) is 0. The van der Waals surface area contributed by atoms with Crippen molar-refractivity contribution in [1.29, 1.82) is 5.26 Å². The molecule has 0 bridgehead atoms. The summed E-state index contributed by atoms with van der Waals surface area (Å²) in [7, 11) is 0. The molecule has 2 unspecified atom stereocenters. The van der Waals surface area contributed by atoms with Gasteiger partial charge >= 0.3 is 0 Å². The van der Waals surface area contributed by atoms with Gasteiger partial charge in [-0.3, -0.25) is 0 Å². The summed E-state index contributed by atoms with van der Waals surface area (Å²) in [5, 5.41) is 9.00. The number of hydrogen-bond acceptors (Lipinski definition) is 3. The third kappa shape index (κ3) is 4.63. The lowest BCUT2D eigenvalue weighted by Gasteiger charge is -2.41. The predicted molar refractivity (Wildman–Crippen MR) is 120 cm³/mol. The molecule has 0 radical (unpaired) electrons. The van der Waals surface area contributed by atoms with Gasteiger partial charge in [-0.2, -0.15) is 5.26 Å². The Labute approximate surface area is 179 Å². The minimum Gasteiger partial charge on any atom is -0.368 e. The zero-order valence-corrected chi connectivity index (χ0v) is 17.6. The van der Waals surface area contributed by atoms with Crippen LogP contribution in [0.5, 0.6) is 0 Å². The summed E-state index contributed by atoms with van der Waals surface area (Å²) in [6.45, 7) is 4.23. The molecule has 1 aliphatic heterocycles. The topological polar surface area (TPSA) is 44.9 Å². The van der Waals surface area contributed by atoms with Gasteiger partial charge in [0.25, 0.3) is 0 Å². The molecule has 4 nitrogen and oxygen atoms in total. The quantitative estimate of drug-likeness (QED) is 0.570. The molecule has 4 rings (SSSR count). The number of nitrogens with zero attached hydrogens (tertiary/aromatic N) is 4. The molecule has 2 heterocycles. The molecule has 0 aliphatic carbocycles. The van der Waals surface area contributed by atoms with Gasteiger partial charge in [-0.1, -0.05) is 37.3 Å². The van der Waals surface area contributed by atoms with Crippen LogP contribution in [0.3, 0.4) is 0 Å². The number of benzene rings is 2. The normalized spacial score (nSPS) is 17.2. The second kappa shape index (κ2) is 9.62. The Balaban J connectivity index is 0.00000240. The molecular weight excluding hydrogens is 380 g/mol. The van der Waals surface area contributed by atoms with Crippen molar-refractivity contribution in [2.75, 3.05) is 11.4 Å². The highest BCUT2D eigenvalue weighted by atomic mass is 35.5. The van der Waals surface area contributed by atoms with Crippen LogP contribution in [0.2, 0.25) is 0 Å². The fraction of sp³-hybridized carbons (Fsp3) is 0.333. The van der Waals surface area contributed by atoms with E-state index in [0.717, 1.165) is 13.1 Å². The van der Waals surface area contributed by atoms with E-state index in [-0.39, 0.29) is 12.4 Å². The molecule has 0 saturated carbocycles. The van der Waals surface area contributed by atoms with Crippen LogP contribution in [0.15, 0.2) is 67.1 Å². The summed E-state index contributed by atoms with van der Waals surface area (Å²) in [6, 6.07) is 21.3. The van der Waals surface area contributed by atoms with Gasteiger partial charge in [0.15, 0.2) is 0 Å². The third-order valence-electron chi connectivity index (χ3n) is 5.86. The van der Waals surface area contributed by atoms with Crippen LogP contribution in [-0.2, 0) is 6.54 Å². The first kappa shape index (κ1) is 21.0. The molecule has 2 atom stereocenters. The van der Waals surface area contributed by atoms with Crippen molar-refractivity contribution >= 4 is 18.1 Å². The van der Waals surface area contributed by atoms with E-state index in [9.17, 15) is 0 Å². The van der Waals surface area contributed by atoms with E-state index in [1.807, 2.05) is 36.8 Å². The third-order valence-corrected chi connectivity index (χ3v) is 5.86. The number of anilines is 1. The summed E-state index contributed by atoms with van der Waals surface area (Å²) in [5.74, 6) is 0.390. The lowest BCUT2D eigenvalue weighted by atomic mass is 9.89. The van der Waals surface area contributed by atoms with Gasteiger partial charge in [-0.25, -0.2) is 4.98 Å². The van der Waals surface area contributed by atoms with Crippen LogP contribution in [0.1, 0.15) is 48.9 Å². The van der Waals surface area contributed by atoms with Crippen molar-refractivity contribution in [2.24, 2.45) is 0 Å². The van der Waals surface area contributed by atoms with E-state index >= 15 is 0 Å². The minimum atomic E-state index is 0. The Morgan fingerprint density at radius 2 is 1.86 bits per heavy atom. The number of nitriles is 1. The second-order valence-corrected chi connectivity index (χ2v) is 7.64. The van der Waals surface area contributed by atoms with Gasteiger partial charge < -0.3 is 9.47 Å². The summed E-state index contributed by atoms with van der Waals surface area (Å²) in [6.07, 6.45) is 7.69. The second-order valence-electron chi connectivity index (χ2n) is 7.64. The Morgan fingerprint density at radius 1 is 1.10 bits per heavy atom. The predicted octanol–water partition coefficient (Wildman–Crippen LogP) is 5.39. The highest BCUT2D eigenvalue weighted by molar-refractivity contribution is 5.85. The largest absolute Gasteiger partial charge is 0.368 e. The molecule has 1 fully saturated rings. The van der Waals surface area contributed by atoms with Crippen molar-refractivity contribution < 1.29 is 0 Å². The lowest BCUT2D eigenvalue weighted by Crippen LogP contribution is -2.43. The molecule has 0 spiro atoms. The average Bonchev–Trinajstić information content (AvgIpc) is 3.22. The maximum atomic E-state index is 9.00. The number of imidazole rings is 1. The van der Waals surface area contributed by atoms with Crippen molar-refractivity contribution in [3.63, 3.8) is 0 Å². The number of halogens is 1. The number of aromatic nitrogens is 2. The van der Waals surface area contributed by atoms with E-state index in [4.69, 9.17) is 5.26 Å². The SMILES string of the molecule is CC(c1cncn1Cc1ccc(C#N)cc1)C1CCCCN1c1ccccc1.Cl. The van der Waals surface area contributed by atoms with Crippen LogP contribution < -0.4 is 4.90 Å². The fourth-order valence-electron chi connectivity index (χ4n) is 4.34. The molecule has 1 aliphatic rings. The molecule has 3 aromatic rings. The van der Waals surface area contributed by atoms with Gasteiger partial charge in [0, 0.05) is 42.6 Å². The van der Waals surface area contributed by atoms with Crippen LogP contribution in [0, 0.1) is 11.3 Å². The van der Waals surface area contributed by atoms with Crippen LogP contribution in [0.25, 0.3) is 0 Å². The minimum absolute atomic E-state index is 0. The molecule has 1 aromatic heterocycles. The summed E-state index contributed by atoms with van der Waals surface area (Å²) < 4.78 is 2.25. The monoisotopic (exact) mass is 406 g/mol. The Morgan fingerprint density at radius 3 is 2.59 bits per heavy atom. The average molecular weight is 407 g/mol. The van der Waals surface area contributed by atoms with Crippen molar-refractivity contribution in [2.45, 2.75) is 44.7 Å². The molecule has 1 saturated heterocycles. The van der Waals surface area contributed by atoms with Crippen LogP contribution in [-0.4, -0.2) is 22.1 Å². The van der Waals surface area contributed by atoms with E-state index in [1.165, 1.54) is 36.2 Å². The molecule has 29 heavy (non-hydrogen) atoms. The summed E-state index contributed by atoms with van der Waals surface area (Å²) in [4.78, 5) is 7.03. The molecule has 0 N–H and O–H groups in total. The van der Waals surface area contributed by atoms with Crippen molar-refractivity contribution in [3.8, 4) is 6.07 Å². The number of para-hydroxylation sites is 1. The molecule has 150 valence electrons. The van der Waals surface area contributed by atoms with Gasteiger partial charge in [0.1, 0.15) is 0 Å². The maximum Gasteiger partial charge on any atom is 0.0991 e. The van der Waals surface area contributed by atoms with Gasteiger partial charge in [-0.05, 0) is 49.1 Å². The first-order chi connectivity index (χ1) is 13.8. The zero-order valence-electron chi connectivity index (χ0n) is 16.7. The Bertz CT molecular complexity index is 943. The molecule has 2 aromatic carbocycles.